The Morgan fingerprint density at radius 3 is 2.14 bits per heavy atom. The Hall–Kier alpha value is -0.130. The van der Waals surface area contributed by atoms with Gasteiger partial charge in [0.1, 0.15) is 0 Å². The molecule has 2 N–H and O–H groups in total. The summed E-state index contributed by atoms with van der Waals surface area (Å²) < 4.78 is 29.0. The molecule has 0 fully saturated rings. The third-order valence-electron chi connectivity index (χ3n) is 0.327. The van der Waals surface area contributed by atoms with E-state index in [1.807, 2.05) is 4.72 Å². The van der Waals surface area contributed by atoms with E-state index in [1.165, 1.54) is 0 Å². The lowest BCUT2D eigenvalue weighted by atomic mass is 10.8. The van der Waals surface area contributed by atoms with Gasteiger partial charge in [-0.2, -0.15) is 13.1 Å². The standard InChI is InChI=1S/C2H7NO3S/c1-2-3-7(4,5)6/h3H,2H2,1H3,(H,4,5,6). The summed E-state index contributed by atoms with van der Waals surface area (Å²) in [7, 11) is -3.92. The minimum absolute atomic E-state index is 0.221. The zero-order chi connectivity index (χ0) is 5.91. The highest BCUT2D eigenvalue weighted by atomic mass is 32.2. The number of hydrogen-bond acceptors (Lipinski definition) is 2. The summed E-state index contributed by atoms with van der Waals surface area (Å²) >= 11 is 0. The third-order valence-corrected chi connectivity index (χ3v) is 0.980. The molecule has 0 bridgehead atoms. The average molecular weight is 125 g/mol. The molecule has 4 nitrogen and oxygen atoms in total. The summed E-state index contributed by atoms with van der Waals surface area (Å²) in [5.74, 6) is 0. The fourth-order valence-electron chi connectivity index (χ4n) is 0.182. The van der Waals surface area contributed by atoms with Crippen molar-refractivity contribution in [1.82, 2.24) is 4.72 Å². The second-order valence-corrected chi connectivity index (χ2v) is 2.21. The molecule has 0 amide bonds. The molecule has 0 unspecified atom stereocenters. The maximum atomic E-state index is 9.68. The van der Waals surface area contributed by atoms with Crippen molar-refractivity contribution in [1.29, 1.82) is 0 Å². The molecule has 0 saturated heterocycles. The lowest BCUT2D eigenvalue weighted by Gasteiger charge is -1.90. The van der Waals surface area contributed by atoms with Gasteiger partial charge in [-0.3, -0.25) is 4.55 Å². The highest BCUT2D eigenvalue weighted by Crippen LogP contribution is 1.66. The number of nitrogens with one attached hydrogen (secondary N) is 1. The monoisotopic (exact) mass is 125 g/mol. The SMILES string of the molecule is CCNS(=O)(=O)O. The van der Waals surface area contributed by atoms with Gasteiger partial charge in [-0.1, -0.05) is 6.92 Å². The molecule has 5 heteroatoms. The summed E-state index contributed by atoms with van der Waals surface area (Å²) in [6, 6.07) is 0. The van der Waals surface area contributed by atoms with Crippen LogP contribution in [0.25, 0.3) is 0 Å². The maximum absolute atomic E-state index is 9.68. The molecule has 44 valence electrons. The topological polar surface area (TPSA) is 66.4 Å². The first-order valence-corrected chi connectivity index (χ1v) is 3.22. The molecule has 0 atom stereocenters. The molecule has 0 saturated carbocycles. The molecule has 0 aromatic heterocycles. The Kier molecular flexibility index (Phi) is 2.21. The summed E-state index contributed by atoms with van der Waals surface area (Å²) in [5, 5.41) is 0. The zero-order valence-electron chi connectivity index (χ0n) is 3.88. The molecular formula is C2H7NO3S. The first kappa shape index (κ1) is 6.87. The first-order valence-electron chi connectivity index (χ1n) is 1.78. The normalized spacial score (nSPS) is 11.7. The minimum Gasteiger partial charge on any atom is -0.273 e. The van der Waals surface area contributed by atoms with Crippen molar-refractivity contribution in [2.24, 2.45) is 0 Å². The van der Waals surface area contributed by atoms with Crippen LogP contribution in [0, 0.1) is 0 Å². The van der Waals surface area contributed by atoms with Crippen LogP contribution in [0.2, 0.25) is 0 Å². The fourth-order valence-corrected chi connectivity index (χ4v) is 0.547. The van der Waals surface area contributed by atoms with Crippen LogP contribution in [-0.2, 0) is 10.3 Å². The molecule has 0 aliphatic rings. The lowest BCUT2D eigenvalue weighted by molar-refractivity contribution is 0.469. The molecule has 0 rings (SSSR count). The van der Waals surface area contributed by atoms with Gasteiger partial charge >= 0.3 is 10.3 Å². The average Bonchev–Trinajstić information content (AvgIpc) is 1.30. The van der Waals surface area contributed by atoms with Crippen molar-refractivity contribution in [2.45, 2.75) is 6.92 Å². The van der Waals surface area contributed by atoms with Gasteiger partial charge in [0.25, 0.3) is 0 Å². The van der Waals surface area contributed by atoms with E-state index >= 15 is 0 Å². The molecule has 0 heterocycles. The van der Waals surface area contributed by atoms with Gasteiger partial charge < -0.3 is 0 Å². The second-order valence-electron chi connectivity index (χ2n) is 0.973. The van der Waals surface area contributed by atoms with E-state index in [1.54, 1.807) is 6.92 Å². The predicted octanol–water partition coefficient (Wildman–Crippen LogP) is -0.601. The molecule has 0 spiro atoms. The van der Waals surface area contributed by atoms with E-state index in [0.29, 0.717) is 0 Å². The fraction of sp³-hybridized carbons (Fsp3) is 1.00. The molecule has 0 aliphatic heterocycles. The van der Waals surface area contributed by atoms with Crippen LogP contribution in [0.5, 0.6) is 0 Å². The van der Waals surface area contributed by atoms with E-state index in [-0.39, 0.29) is 6.54 Å². The van der Waals surface area contributed by atoms with E-state index in [4.69, 9.17) is 4.55 Å². The highest BCUT2D eigenvalue weighted by molar-refractivity contribution is 7.83. The molecule has 0 radical (unpaired) electrons. The van der Waals surface area contributed by atoms with Gasteiger partial charge in [0.15, 0.2) is 0 Å². The molecule has 0 aromatic carbocycles. The smallest absolute Gasteiger partial charge is 0.273 e. The van der Waals surface area contributed by atoms with Crippen molar-refractivity contribution in [3.63, 3.8) is 0 Å². The third kappa shape index (κ3) is 5.87. The Balaban J connectivity index is 3.60. The van der Waals surface area contributed by atoms with Crippen LogP contribution < -0.4 is 4.72 Å². The van der Waals surface area contributed by atoms with E-state index < -0.39 is 10.3 Å². The van der Waals surface area contributed by atoms with Crippen LogP contribution in [-0.4, -0.2) is 19.5 Å². The highest BCUT2D eigenvalue weighted by Gasteiger charge is 1.95. The van der Waals surface area contributed by atoms with Crippen molar-refractivity contribution in [3.8, 4) is 0 Å². The summed E-state index contributed by atoms with van der Waals surface area (Å²) in [6.45, 7) is 1.80. The van der Waals surface area contributed by atoms with Crippen LogP contribution >= 0.6 is 0 Å². The van der Waals surface area contributed by atoms with E-state index in [9.17, 15) is 8.42 Å². The van der Waals surface area contributed by atoms with Crippen molar-refractivity contribution < 1.29 is 13.0 Å². The Morgan fingerprint density at radius 2 is 2.14 bits per heavy atom. The number of rotatable bonds is 2. The Morgan fingerprint density at radius 1 is 1.71 bits per heavy atom. The van der Waals surface area contributed by atoms with Crippen molar-refractivity contribution in [2.75, 3.05) is 6.54 Å². The van der Waals surface area contributed by atoms with Crippen molar-refractivity contribution in [3.05, 3.63) is 0 Å². The summed E-state index contributed by atoms with van der Waals surface area (Å²) in [4.78, 5) is 0. The summed E-state index contributed by atoms with van der Waals surface area (Å²) in [6.07, 6.45) is 0. The molecule has 7 heavy (non-hydrogen) atoms. The van der Waals surface area contributed by atoms with Crippen molar-refractivity contribution >= 4 is 10.3 Å². The predicted molar refractivity (Wildman–Crippen MR) is 25.2 cm³/mol. The largest absolute Gasteiger partial charge is 0.333 e. The summed E-state index contributed by atoms with van der Waals surface area (Å²) in [5.41, 5.74) is 0. The van der Waals surface area contributed by atoms with Gasteiger partial charge in [-0.05, 0) is 0 Å². The first-order chi connectivity index (χ1) is 3.06. The Bertz CT molecular complexity index is 126. The van der Waals surface area contributed by atoms with Gasteiger partial charge in [0, 0.05) is 6.54 Å². The molecule has 0 aliphatic carbocycles. The van der Waals surface area contributed by atoms with Crippen LogP contribution in [0.1, 0.15) is 6.92 Å². The van der Waals surface area contributed by atoms with Crippen LogP contribution in [0.4, 0.5) is 0 Å². The zero-order valence-corrected chi connectivity index (χ0v) is 4.70. The number of hydrogen-bond donors (Lipinski definition) is 2. The van der Waals surface area contributed by atoms with Crippen LogP contribution in [0.3, 0.4) is 0 Å². The minimum atomic E-state index is -3.92. The van der Waals surface area contributed by atoms with Gasteiger partial charge in [0.2, 0.25) is 0 Å². The maximum Gasteiger partial charge on any atom is 0.333 e. The van der Waals surface area contributed by atoms with E-state index in [2.05, 4.69) is 0 Å². The van der Waals surface area contributed by atoms with Gasteiger partial charge in [0.05, 0.1) is 0 Å². The lowest BCUT2D eigenvalue weighted by Crippen LogP contribution is -2.21. The van der Waals surface area contributed by atoms with Gasteiger partial charge in [-0.25, -0.2) is 0 Å². The van der Waals surface area contributed by atoms with Gasteiger partial charge in [-0.15, -0.1) is 0 Å². The van der Waals surface area contributed by atoms with Crippen LogP contribution in [0.15, 0.2) is 0 Å². The second kappa shape index (κ2) is 2.25. The quantitative estimate of drug-likeness (QED) is 0.484. The molecular weight excluding hydrogens is 118 g/mol. The Labute approximate surface area is 42.4 Å². The van der Waals surface area contributed by atoms with E-state index in [0.717, 1.165) is 0 Å². The molecule has 0 aromatic rings.